The van der Waals surface area contributed by atoms with Crippen molar-refractivity contribution in [2.24, 2.45) is 0 Å². The lowest BCUT2D eigenvalue weighted by atomic mass is 10.2. The molecular formula is C22H34N6O2. The van der Waals surface area contributed by atoms with Crippen molar-refractivity contribution in [2.45, 2.75) is 19.3 Å². The Kier molecular flexibility index (Phi) is 6.74. The van der Waals surface area contributed by atoms with Gasteiger partial charge < -0.3 is 29.5 Å². The molecule has 2 aliphatic rings. The van der Waals surface area contributed by atoms with Gasteiger partial charge in [-0.05, 0) is 39.4 Å². The second-order valence-electron chi connectivity index (χ2n) is 8.30. The summed E-state index contributed by atoms with van der Waals surface area (Å²) in [6.07, 6.45) is 3.36. The molecule has 1 N–H and O–H groups in total. The van der Waals surface area contributed by atoms with E-state index in [1.165, 1.54) is 12.8 Å². The van der Waals surface area contributed by atoms with Crippen LogP contribution in [0.5, 0.6) is 11.5 Å². The lowest BCUT2D eigenvalue weighted by Gasteiger charge is -2.30. The minimum absolute atomic E-state index is 0.648. The summed E-state index contributed by atoms with van der Waals surface area (Å²) in [5, 5.41) is 4.45. The number of ether oxygens (including phenoxy) is 2. The Morgan fingerprint density at radius 3 is 2.47 bits per heavy atom. The van der Waals surface area contributed by atoms with Gasteiger partial charge in [-0.15, -0.1) is 0 Å². The minimum Gasteiger partial charge on any atom is -0.493 e. The van der Waals surface area contributed by atoms with E-state index in [1.807, 2.05) is 12.1 Å². The van der Waals surface area contributed by atoms with Crippen LogP contribution in [0.3, 0.4) is 0 Å². The number of hydrogen-bond acceptors (Lipinski definition) is 8. The van der Waals surface area contributed by atoms with Gasteiger partial charge in [-0.1, -0.05) is 0 Å². The Morgan fingerprint density at radius 2 is 1.77 bits per heavy atom. The van der Waals surface area contributed by atoms with E-state index < -0.39 is 0 Å². The predicted molar refractivity (Wildman–Crippen MR) is 121 cm³/mol. The third kappa shape index (κ3) is 4.70. The molecule has 0 amide bonds. The summed E-state index contributed by atoms with van der Waals surface area (Å²) >= 11 is 0. The Hall–Kier alpha value is -2.32. The van der Waals surface area contributed by atoms with Gasteiger partial charge in [0.05, 0.1) is 19.2 Å². The summed E-state index contributed by atoms with van der Waals surface area (Å²) in [6.45, 7) is 7.50. The number of aromatic nitrogens is 2. The number of benzene rings is 1. The van der Waals surface area contributed by atoms with Crippen LogP contribution in [0.2, 0.25) is 0 Å². The summed E-state index contributed by atoms with van der Waals surface area (Å²) in [5.74, 6) is 3.32. The lowest BCUT2D eigenvalue weighted by molar-refractivity contribution is 0.268. The summed E-state index contributed by atoms with van der Waals surface area (Å²) < 4.78 is 11.8. The molecule has 30 heavy (non-hydrogen) atoms. The van der Waals surface area contributed by atoms with Crippen LogP contribution in [0.4, 0.5) is 11.8 Å². The number of rotatable bonds is 8. The van der Waals surface area contributed by atoms with E-state index in [4.69, 9.17) is 19.4 Å². The number of methoxy groups -OCH3 is 1. The van der Waals surface area contributed by atoms with Crippen molar-refractivity contribution in [1.82, 2.24) is 20.2 Å². The number of anilines is 2. The number of piperazine rings is 1. The maximum atomic E-state index is 6.09. The van der Waals surface area contributed by atoms with Crippen LogP contribution in [0.25, 0.3) is 10.9 Å². The highest BCUT2D eigenvalue weighted by Crippen LogP contribution is 2.37. The van der Waals surface area contributed by atoms with Gasteiger partial charge in [0.25, 0.3) is 0 Å². The molecule has 0 atom stereocenters. The first kappa shape index (κ1) is 20.9. The van der Waals surface area contributed by atoms with Crippen molar-refractivity contribution in [3.63, 3.8) is 0 Å². The average molecular weight is 415 g/mol. The summed E-state index contributed by atoms with van der Waals surface area (Å²) in [5.41, 5.74) is 0.920. The van der Waals surface area contributed by atoms with E-state index in [-0.39, 0.29) is 0 Å². The standard InChI is InChI=1S/C22H34N6O2/c1-26(2)9-6-14-30-20-16-18-17(15-19(20)29-3)21(27-12-7-23-8-13-27)25-22(24-18)28-10-4-5-11-28/h15-16,23H,4-14H2,1-3H3. The number of hydrogen-bond donors (Lipinski definition) is 1. The van der Waals surface area contributed by atoms with Crippen LogP contribution in [0.15, 0.2) is 12.1 Å². The highest BCUT2D eigenvalue weighted by atomic mass is 16.5. The second-order valence-corrected chi connectivity index (χ2v) is 8.30. The van der Waals surface area contributed by atoms with Crippen molar-refractivity contribution in [3.8, 4) is 11.5 Å². The molecule has 2 fully saturated rings. The predicted octanol–water partition coefficient (Wildman–Crippen LogP) is 1.98. The van der Waals surface area contributed by atoms with E-state index in [0.29, 0.717) is 6.61 Å². The molecule has 164 valence electrons. The summed E-state index contributed by atoms with van der Waals surface area (Å²) in [4.78, 5) is 16.8. The third-order valence-electron chi connectivity index (χ3n) is 5.76. The molecule has 1 aromatic heterocycles. The molecule has 0 saturated carbocycles. The molecule has 2 aromatic rings. The molecule has 2 aliphatic heterocycles. The summed E-state index contributed by atoms with van der Waals surface area (Å²) in [6, 6.07) is 4.07. The van der Waals surface area contributed by atoms with Crippen molar-refractivity contribution in [1.29, 1.82) is 0 Å². The largest absolute Gasteiger partial charge is 0.493 e. The molecule has 3 heterocycles. The SMILES string of the molecule is COc1cc2c(N3CCNCC3)nc(N3CCCC3)nc2cc1OCCCN(C)C. The van der Waals surface area contributed by atoms with Crippen LogP contribution in [-0.2, 0) is 0 Å². The molecule has 4 rings (SSSR count). The zero-order valence-electron chi connectivity index (χ0n) is 18.5. The monoisotopic (exact) mass is 414 g/mol. The number of fused-ring (bicyclic) bond motifs is 1. The maximum Gasteiger partial charge on any atom is 0.227 e. The molecule has 0 bridgehead atoms. The molecular weight excluding hydrogens is 380 g/mol. The molecule has 0 radical (unpaired) electrons. The molecule has 8 nitrogen and oxygen atoms in total. The van der Waals surface area contributed by atoms with Crippen molar-refractivity contribution in [2.75, 3.05) is 83.4 Å². The van der Waals surface area contributed by atoms with Gasteiger partial charge in [-0.25, -0.2) is 4.98 Å². The van der Waals surface area contributed by atoms with E-state index in [2.05, 4.69) is 34.1 Å². The van der Waals surface area contributed by atoms with Gasteiger partial charge in [-0.3, -0.25) is 0 Å². The quantitative estimate of drug-likeness (QED) is 0.658. The van der Waals surface area contributed by atoms with E-state index in [0.717, 1.165) is 86.4 Å². The van der Waals surface area contributed by atoms with Crippen LogP contribution in [-0.4, -0.2) is 88.5 Å². The van der Waals surface area contributed by atoms with Crippen LogP contribution >= 0.6 is 0 Å². The summed E-state index contributed by atoms with van der Waals surface area (Å²) in [7, 11) is 5.84. The minimum atomic E-state index is 0.648. The van der Waals surface area contributed by atoms with Gasteiger partial charge in [-0.2, -0.15) is 4.98 Å². The lowest BCUT2D eigenvalue weighted by Crippen LogP contribution is -2.44. The number of nitrogens with zero attached hydrogens (tertiary/aromatic N) is 5. The van der Waals surface area contributed by atoms with Crippen LogP contribution < -0.4 is 24.6 Å². The van der Waals surface area contributed by atoms with Crippen molar-refractivity contribution in [3.05, 3.63) is 12.1 Å². The topological polar surface area (TPSA) is 66.0 Å². The van der Waals surface area contributed by atoms with Gasteiger partial charge in [0.1, 0.15) is 5.82 Å². The van der Waals surface area contributed by atoms with E-state index in [9.17, 15) is 0 Å². The fourth-order valence-electron chi connectivity index (χ4n) is 4.12. The molecule has 8 heteroatoms. The van der Waals surface area contributed by atoms with Crippen molar-refractivity contribution < 1.29 is 9.47 Å². The van der Waals surface area contributed by atoms with Crippen molar-refractivity contribution >= 4 is 22.7 Å². The van der Waals surface area contributed by atoms with E-state index in [1.54, 1.807) is 7.11 Å². The van der Waals surface area contributed by atoms with Gasteiger partial charge in [0, 0.05) is 57.3 Å². The molecule has 0 unspecified atom stereocenters. The normalized spacial score (nSPS) is 17.2. The Balaban J connectivity index is 1.70. The molecule has 0 spiro atoms. The highest BCUT2D eigenvalue weighted by Gasteiger charge is 2.22. The first-order valence-electron chi connectivity index (χ1n) is 11.0. The van der Waals surface area contributed by atoms with Crippen LogP contribution in [0, 0.1) is 0 Å². The van der Waals surface area contributed by atoms with Crippen LogP contribution in [0.1, 0.15) is 19.3 Å². The first-order valence-corrected chi connectivity index (χ1v) is 11.0. The Labute approximate surface area is 179 Å². The van der Waals surface area contributed by atoms with Gasteiger partial charge >= 0.3 is 0 Å². The zero-order valence-corrected chi connectivity index (χ0v) is 18.5. The molecule has 0 aliphatic carbocycles. The number of nitrogens with one attached hydrogen (secondary N) is 1. The second kappa shape index (κ2) is 9.66. The molecule has 2 saturated heterocycles. The molecule has 1 aromatic carbocycles. The van der Waals surface area contributed by atoms with Gasteiger partial charge in [0.2, 0.25) is 5.95 Å². The van der Waals surface area contributed by atoms with E-state index >= 15 is 0 Å². The van der Waals surface area contributed by atoms with Gasteiger partial charge in [0.15, 0.2) is 11.5 Å². The Bertz CT molecular complexity index is 847. The maximum absolute atomic E-state index is 6.09. The average Bonchev–Trinajstić information content (AvgIpc) is 3.31. The fraction of sp³-hybridized carbons (Fsp3) is 0.636. The zero-order chi connectivity index (χ0) is 20.9. The first-order chi connectivity index (χ1) is 14.7. The Morgan fingerprint density at radius 1 is 1.00 bits per heavy atom. The fourth-order valence-corrected chi connectivity index (χ4v) is 4.12. The third-order valence-corrected chi connectivity index (χ3v) is 5.76. The highest BCUT2D eigenvalue weighted by molar-refractivity contribution is 5.93. The smallest absolute Gasteiger partial charge is 0.227 e.